The molecule has 10 amide bonds. The number of nitrogens with one attached hydrogen (secondary N) is 6. The number of benzene rings is 3. The fraction of sp³-hybridized carbons (Fsp3) is 0.418. The number of primary amides is 1. The van der Waals surface area contributed by atoms with E-state index in [4.69, 9.17) is 5.73 Å². The highest BCUT2D eigenvalue weighted by atomic mass is 31.2. The molecule has 79 heavy (non-hydrogen) atoms. The van der Waals surface area contributed by atoms with Crippen molar-refractivity contribution in [3.8, 4) is 11.8 Å². The van der Waals surface area contributed by atoms with Crippen LogP contribution in [0.3, 0.4) is 0 Å². The molecule has 4 aliphatic rings. The smallest absolute Gasteiger partial charge is 0.352 e. The topological polar surface area (TPSA) is 340 Å². The summed E-state index contributed by atoms with van der Waals surface area (Å²) in [5.41, 5.74) is 6.58. The zero-order valence-electron chi connectivity index (χ0n) is 43.5. The van der Waals surface area contributed by atoms with Crippen LogP contribution in [-0.2, 0) is 39.9 Å². The summed E-state index contributed by atoms with van der Waals surface area (Å²) in [7, 11) is -5.07. The Morgan fingerprint density at radius 1 is 0.861 bits per heavy atom. The highest BCUT2D eigenvalue weighted by Crippen LogP contribution is 2.39. The van der Waals surface area contributed by atoms with Crippen LogP contribution in [0.15, 0.2) is 72.8 Å². The molecule has 0 spiro atoms. The third-order valence-corrected chi connectivity index (χ3v) is 15.6. The molecule has 3 fully saturated rings. The predicted octanol–water partition coefficient (Wildman–Crippen LogP) is 2.61. The van der Waals surface area contributed by atoms with Crippen molar-refractivity contribution in [1.82, 2.24) is 46.3 Å². The summed E-state index contributed by atoms with van der Waals surface area (Å²) in [6, 6.07) is 12.6. The van der Waals surface area contributed by atoms with Gasteiger partial charge in [-0.1, -0.05) is 68.0 Å². The van der Waals surface area contributed by atoms with Crippen molar-refractivity contribution in [3.63, 3.8) is 0 Å². The first kappa shape index (κ1) is 57.0. The Balaban J connectivity index is 0.884. The monoisotopic (exact) mass is 1100 g/mol. The second-order valence-corrected chi connectivity index (χ2v) is 21.7. The van der Waals surface area contributed by atoms with E-state index in [-0.39, 0.29) is 73.7 Å². The van der Waals surface area contributed by atoms with Gasteiger partial charge < -0.3 is 56.5 Å². The van der Waals surface area contributed by atoms with Crippen LogP contribution in [0.25, 0.3) is 10.9 Å². The normalized spacial score (nSPS) is 18.6. The van der Waals surface area contributed by atoms with E-state index in [1.54, 1.807) is 47.4 Å². The molecular weight excluding hydrogens is 1040 g/mol. The fourth-order valence-corrected chi connectivity index (χ4v) is 11.1. The van der Waals surface area contributed by atoms with Crippen molar-refractivity contribution in [3.05, 3.63) is 106 Å². The summed E-state index contributed by atoms with van der Waals surface area (Å²) in [4.78, 5) is 159. The number of H-pyrrole nitrogens is 1. The Labute approximate surface area is 454 Å². The molecule has 3 saturated heterocycles. The minimum atomic E-state index is -5.07. The van der Waals surface area contributed by atoms with Gasteiger partial charge in [0.1, 0.15) is 35.9 Å². The number of unbranched alkanes of at least 4 members (excludes halogenated alkanes) is 1. The predicted molar refractivity (Wildman–Crippen MR) is 285 cm³/mol. The summed E-state index contributed by atoms with van der Waals surface area (Å²) in [5.74, 6) is 2.44. The number of hydrogen-bond acceptors (Lipinski definition) is 11. The summed E-state index contributed by atoms with van der Waals surface area (Å²) in [6.07, 6.45) is 5.07. The Kier molecular flexibility index (Phi) is 18.1. The van der Waals surface area contributed by atoms with Crippen molar-refractivity contribution in [2.24, 2.45) is 11.7 Å². The molecule has 0 radical (unpaired) electrons. The molecule has 3 aromatic carbocycles. The molecule has 10 N–H and O–H groups in total. The van der Waals surface area contributed by atoms with Gasteiger partial charge in [-0.05, 0) is 98.4 Å². The van der Waals surface area contributed by atoms with Crippen molar-refractivity contribution in [2.45, 2.75) is 114 Å². The van der Waals surface area contributed by atoms with Crippen LogP contribution in [0.1, 0.15) is 131 Å². The molecule has 4 aliphatic heterocycles. The minimum absolute atomic E-state index is 0.00363. The van der Waals surface area contributed by atoms with Gasteiger partial charge in [0.2, 0.25) is 35.4 Å². The SMILES string of the molecule is CCCC[C@H](NC(=O)c1cc2cc(C(=O)P(=O)(O)O)ccc2[nH]1)C(=O)N1CCC[C@H]1C(=O)N[C@@H](CNC(N)=O)C(=O)N[C@H](C(=O)N1CCC(CCC#Cc2cccc3c2CN(C2CCC(=O)NC2=O)C3=O)CC1)c1ccccc1. The van der Waals surface area contributed by atoms with Gasteiger partial charge in [0.25, 0.3) is 17.3 Å². The maximum Gasteiger partial charge on any atom is 0.396 e. The summed E-state index contributed by atoms with van der Waals surface area (Å²) >= 11 is 0. The van der Waals surface area contributed by atoms with Crippen molar-refractivity contribution < 1.29 is 62.3 Å². The van der Waals surface area contributed by atoms with Gasteiger partial charge in [-0.25, -0.2) is 4.79 Å². The number of carbonyl (C=O) groups is 10. The molecule has 8 rings (SSSR count). The lowest BCUT2D eigenvalue weighted by atomic mass is 9.91. The number of piperidine rings is 2. The maximum atomic E-state index is 14.4. The first-order valence-electron chi connectivity index (χ1n) is 26.4. The first-order valence-corrected chi connectivity index (χ1v) is 28.0. The number of aromatic nitrogens is 1. The minimum Gasteiger partial charge on any atom is -0.352 e. The van der Waals surface area contributed by atoms with E-state index in [1.165, 1.54) is 34.1 Å². The molecule has 23 nitrogen and oxygen atoms in total. The van der Waals surface area contributed by atoms with E-state index in [2.05, 4.69) is 43.4 Å². The molecule has 5 atom stereocenters. The number of carbonyl (C=O) groups excluding carboxylic acids is 10. The van der Waals surface area contributed by atoms with Crippen LogP contribution in [-0.4, -0.2) is 139 Å². The first-order chi connectivity index (χ1) is 37.8. The van der Waals surface area contributed by atoms with Gasteiger partial charge in [-0.2, -0.15) is 0 Å². The van der Waals surface area contributed by atoms with E-state index in [0.717, 1.165) is 12.0 Å². The van der Waals surface area contributed by atoms with Crippen LogP contribution in [0, 0.1) is 17.8 Å². The van der Waals surface area contributed by atoms with Gasteiger partial charge in [-0.3, -0.25) is 53.0 Å². The number of hydrogen-bond donors (Lipinski definition) is 9. The Morgan fingerprint density at radius 3 is 2.33 bits per heavy atom. The van der Waals surface area contributed by atoms with E-state index < -0.39 is 85.4 Å². The van der Waals surface area contributed by atoms with Gasteiger partial charge in [0.05, 0.1) is 0 Å². The van der Waals surface area contributed by atoms with Crippen LogP contribution < -0.4 is 32.3 Å². The molecule has 24 heteroatoms. The average Bonchev–Trinajstić information content (AvgIpc) is 4.40. The number of aromatic amines is 1. The lowest BCUT2D eigenvalue weighted by Gasteiger charge is -2.35. The molecule has 0 bridgehead atoms. The molecular formula is C55H63N10O13P. The van der Waals surface area contributed by atoms with Gasteiger partial charge in [-0.15, -0.1) is 0 Å². The van der Waals surface area contributed by atoms with E-state index >= 15 is 0 Å². The average molecular weight is 1100 g/mol. The number of nitrogens with zero attached hydrogens (tertiary/aromatic N) is 3. The van der Waals surface area contributed by atoms with E-state index in [0.29, 0.717) is 79.2 Å². The van der Waals surface area contributed by atoms with Crippen LogP contribution >= 0.6 is 7.60 Å². The number of likely N-dealkylation sites (tertiary alicyclic amines) is 2. The quantitative estimate of drug-likeness (QED) is 0.0371. The van der Waals surface area contributed by atoms with Gasteiger partial charge in [0.15, 0.2) is 0 Å². The van der Waals surface area contributed by atoms with E-state index in [1.807, 2.05) is 13.0 Å². The number of urea groups is 1. The third-order valence-electron chi connectivity index (χ3n) is 14.9. The molecule has 4 aromatic rings. The summed E-state index contributed by atoms with van der Waals surface area (Å²) < 4.78 is 11.6. The number of imide groups is 1. The van der Waals surface area contributed by atoms with Crippen LogP contribution in [0.4, 0.5) is 4.79 Å². The van der Waals surface area contributed by atoms with Crippen molar-refractivity contribution >= 4 is 77.3 Å². The Morgan fingerprint density at radius 2 is 1.62 bits per heavy atom. The number of nitrogens with two attached hydrogens (primary N) is 1. The van der Waals surface area contributed by atoms with Crippen LogP contribution in [0.2, 0.25) is 0 Å². The lowest BCUT2D eigenvalue weighted by molar-refractivity contribution is -0.141. The number of fused-ring (bicyclic) bond motifs is 2. The molecule has 0 saturated carbocycles. The molecule has 0 aliphatic carbocycles. The molecule has 1 aromatic heterocycles. The highest BCUT2D eigenvalue weighted by Gasteiger charge is 2.42. The highest BCUT2D eigenvalue weighted by molar-refractivity contribution is 7.70. The maximum absolute atomic E-state index is 14.4. The lowest BCUT2D eigenvalue weighted by Crippen LogP contribution is -2.59. The largest absolute Gasteiger partial charge is 0.396 e. The summed E-state index contributed by atoms with van der Waals surface area (Å²) in [5, 5.41) is 13.2. The molecule has 1 unspecified atom stereocenters. The zero-order chi connectivity index (χ0) is 56.5. The number of amides is 10. The van der Waals surface area contributed by atoms with Crippen molar-refractivity contribution in [2.75, 3.05) is 26.2 Å². The standard InChI is InChI=1S/C55H63N10O13P/c1-2-3-17-40(59-47(67)41-29-36-28-35(19-20-39(36)58-41)54(74)79(76,77)78)52(72)64-25-10-18-43(64)49(69)60-42(30-57-55(56)75)48(68)62-46(34-13-5-4-6-14-34)53(73)63-26-23-32(24-27-63)11-7-8-12-33-15-9-16-37-38(33)31-65(51(37)71)44-21-22-45(66)61-50(44)70/h4-6,9,13-16,19-20,28-29,32,40,42-44,46,58H,2-3,7,10-11,17-18,21-27,30-31H2,1H3,(H,59,67)(H,60,69)(H,62,68)(H3,56,57,75)(H,61,66,70)(H2,76,77,78)/t40-,42-,43-,44?,46-/m0/s1. The Bertz CT molecular complexity index is 3180. The Hall–Kier alpha value is -8.19. The second-order valence-electron chi connectivity index (χ2n) is 20.2. The zero-order valence-corrected chi connectivity index (χ0v) is 44.4. The van der Waals surface area contributed by atoms with Crippen molar-refractivity contribution in [1.29, 1.82) is 0 Å². The second kappa shape index (κ2) is 25.1. The van der Waals surface area contributed by atoms with Crippen LogP contribution in [0.5, 0.6) is 0 Å². The van der Waals surface area contributed by atoms with Gasteiger partial charge >= 0.3 is 13.6 Å². The number of rotatable bonds is 19. The molecule has 416 valence electrons. The fourth-order valence-electron chi connectivity index (χ4n) is 10.6. The van der Waals surface area contributed by atoms with Gasteiger partial charge in [0, 0.05) is 73.2 Å². The third kappa shape index (κ3) is 13.6. The van der Waals surface area contributed by atoms with E-state index in [9.17, 15) is 62.3 Å². The molecule has 5 heterocycles. The summed E-state index contributed by atoms with van der Waals surface area (Å²) in [6.45, 7) is 2.59.